The van der Waals surface area contributed by atoms with Gasteiger partial charge in [0.05, 0.1) is 19.2 Å². The van der Waals surface area contributed by atoms with Crippen molar-refractivity contribution in [1.82, 2.24) is 14.5 Å². The molecule has 3 heterocycles. The normalized spacial score (nSPS) is 16.8. The summed E-state index contributed by atoms with van der Waals surface area (Å²) in [6, 6.07) is 9.10. The molecule has 174 valence electrons. The van der Waals surface area contributed by atoms with Crippen LogP contribution in [-0.4, -0.2) is 38.8 Å². The van der Waals surface area contributed by atoms with E-state index >= 15 is 0 Å². The van der Waals surface area contributed by atoms with E-state index in [9.17, 15) is 14.3 Å². The number of hydrogen-bond donors (Lipinski definition) is 1. The minimum absolute atomic E-state index is 0.0646. The molecule has 0 spiro atoms. The molecule has 6 nitrogen and oxygen atoms in total. The lowest BCUT2D eigenvalue weighted by molar-refractivity contribution is 0.233. The molecule has 1 aliphatic rings. The van der Waals surface area contributed by atoms with Gasteiger partial charge in [-0.15, -0.1) is 11.3 Å². The highest BCUT2D eigenvalue weighted by molar-refractivity contribution is 7.12. The Kier molecular flexibility index (Phi) is 6.24. The summed E-state index contributed by atoms with van der Waals surface area (Å²) in [5, 5.41) is 10.7. The number of aliphatic hydroxyl groups excluding tert-OH is 1. The summed E-state index contributed by atoms with van der Waals surface area (Å²) in [6.45, 7) is 11.1. The van der Waals surface area contributed by atoms with Gasteiger partial charge in [-0.1, -0.05) is 39.0 Å². The van der Waals surface area contributed by atoms with Crippen LogP contribution in [-0.2, 0) is 12.0 Å². The largest absolute Gasteiger partial charge is 0.387 e. The molecule has 0 saturated heterocycles. The van der Waals surface area contributed by atoms with Crippen LogP contribution in [0.1, 0.15) is 47.5 Å². The van der Waals surface area contributed by atoms with Gasteiger partial charge in [0.2, 0.25) is 5.95 Å². The maximum Gasteiger partial charge on any atom is 0.352 e. The molecule has 0 aliphatic carbocycles. The highest BCUT2D eigenvalue weighted by atomic mass is 32.1. The van der Waals surface area contributed by atoms with E-state index in [0.29, 0.717) is 41.6 Å². The second-order valence-electron chi connectivity index (χ2n) is 9.50. The number of hydrogen-bond acceptors (Lipinski definition) is 6. The van der Waals surface area contributed by atoms with E-state index in [1.54, 1.807) is 46.8 Å². The third kappa shape index (κ3) is 4.91. The molecule has 8 heteroatoms. The summed E-state index contributed by atoms with van der Waals surface area (Å²) in [7, 11) is 0. The molecule has 1 aromatic carbocycles. The number of aryl methyl sites for hydroxylation is 2. The van der Waals surface area contributed by atoms with Crippen LogP contribution in [0, 0.1) is 19.7 Å². The van der Waals surface area contributed by atoms with Crippen molar-refractivity contribution >= 4 is 22.9 Å². The molecule has 3 aromatic rings. The summed E-state index contributed by atoms with van der Waals surface area (Å²) in [6.07, 6.45) is 0.997. The number of β-amino-alcohol motifs (C(OH)–C–C–N with tert-alkyl or cyclic N) is 1. The van der Waals surface area contributed by atoms with Gasteiger partial charge in [-0.2, -0.15) is 9.97 Å². The highest BCUT2D eigenvalue weighted by Crippen LogP contribution is 2.30. The van der Waals surface area contributed by atoms with E-state index in [2.05, 4.69) is 36.8 Å². The number of benzene rings is 1. The van der Waals surface area contributed by atoms with Crippen molar-refractivity contribution in [3.8, 4) is 0 Å². The molecule has 0 amide bonds. The first-order valence-electron chi connectivity index (χ1n) is 11.0. The molecule has 0 bridgehead atoms. The standard InChI is InChI=1S/C25H29FN4O2S/c1-15-6-7-17(12-20(15)26)19-10-11-29(14-21(19)31)23-27-16(2)30(24(32)28-23)13-18-8-9-22(33-18)25(3,4)5/h6-10,12,21,31H,11,13-14H2,1-5H3. The van der Waals surface area contributed by atoms with Crippen molar-refractivity contribution in [1.29, 1.82) is 0 Å². The smallest absolute Gasteiger partial charge is 0.352 e. The van der Waals surface area contributed by atoms with Crippen LogP contribution in [0.2, 0.25) is 0 Å². The van der Waals surface area contributed by atoms with Gasteiger partial charge in [0.15, 0.2) is 0 Å². The number of aromatic nitrogens is 3. The van der Waals surface area contributed by atoms with Crippen LogP contribution in [0.15, 0.2) is 41.2 Å². The first-order chi connectivity index (χ1) is 15.5. The monoisotopic (exact) mass is 468 g/mol. The van der Waals surface area contributed by atoms with Crippen molar-refractivity contribution in [3.63, 3.8) is 0 Å². The second kappa shape index (κ2) is 8.83. The van der Waals surface area contributed by atoms with Crippen molar-refractivity contribution in [2.75, 3.05) is 18.0 Å². The lowest BCUT2D eigenvalue weighted by Gasteiger charge is -2.30. The Labute approximate surface area is 197 Å². The summed E-state index contributed by atoms with van der Waals surface area (Å²) >= 11 is 1.69. The molecule has 0 radical (unpaired) electrons. The third-order valence-corrected chi connectivity index (χ3v) is 7.36. The zero-order chi connectivity index (χ0) is 23.9. The lowest BCUT2D eigenvalue weighted by Crippen LogP contribution is -2.40. The molecular formula is C25H29FN4O2S. The average Bonchev–Trinajstić information content (AvgIpc) is 3.22. The quantitative estimate of drug-likeness (QED) is 0.625. The first kappa shape index (κ1) is 23.3. The van der Waals surface area contributed by atoms with Gasteiger partial charge in [0.1, 0.15) is 11.6 Å². The Morgan fingerprint density at radius 2 is 1.94 bits per heavy atom. The van der Waals surface area contributed by atoms with Crippen molar-refractivity contribution in [3.05, 3.63) is 79.4 Å². The predicted octanol–water partition coefficient (Wildman–Crippen LogP) is 4.07. The van der Waals surface area contributed by atoms with Crippen LogP contribution in [0.5, 0.6) is 0 Å². The molecule has 1 aliphatic heterocycles. The molecule has 1 unspecified atom stereocenters. The van der Waals surface area contributed by atoms with Gasteiger partial charge in [0.25, 0.3) is 0 Å². The van der Waals surface area contributed by atoms with E-state index in [-0.39, 0.29) is 23.5 Å². The molecule has 2 aromatic heterocycles. The molecule has 0 saturated carbocycles. The summed E-state index contributed by atoms with van der Waals surface area (Å²) in [5.74, 6) is 0.561. The number of thiophene rings is 1. The molecule has 1 N–H and O–H groups in total. The molecule has 4 rings (SSSR count). The Hall–Kier alpha value is -2.84. The third-order valence-electron chi connectivity index (χ3n) is 5.87. The fourth-order valence-corrected chi connectivity index (χ4v) is 4.89. The SMILES string of the molecule is Cc1ccc(C2=CCN(c3nc(C)n(Cc4ccc(C(C)(C)C)s4)c(=O)n3)CC2O)cc1F. The number of nitrogens with zero attached hydrogens (tertiary/aromatic N) is 4. The van der Waals surface area contributed by atoms with Gasteiger partial charge in [-0.05, 0) is 54.2 Å². The Bertz CT molecular complexity index is 1270. The van der Waals surface area contributed by atoms with Gasteiger partial charge < -0.3 is 10.0 Å². The molecule has 0 fully saturated rings. The van der Waals surface area contributed by atoms with Crippen LogP contribution in [0.25, 0.3) is 5.57 Å². The van der Waals surface area contributed by atoms with Gasteiger partial charge in [0, 0.05) is 16.3 Å². The first-order valence-corrected chi connectivity index (χ1v) is 11.8. The average molecular weight is 469 g/mol. The maximum absolute atomic E-state index is 14.0. The number of halogens is 1. The van der Waals surface area contributed by atoms with Crippen LogP contribution >= 0.6 is 11.3 Å². The van der Waals surface area contributed by atoms with Crippen molar-refractivity contribution in [2.45, 2.75) is 52.7 Å². The van der Waals surface area contributed by atoms with Crippen molar-refractivity contribution < 1.29 is 9.50 Å². The Morgan fingerprint density at radius 3 is 2.55 bits per heavy atom. The zero-order valence-corrected chi connectivity index (χ0v) is 20.4. The van der Waals surface area contributed by atoms with Crippen LogP contribution in [0.3, 0.4) is 0 Å². The molecule has 1 atom stereocenters. The van der Waals surface area contributed by atoms with Crippen molar-refractivity contribution in [2.24, 2.45) is 0 Å². The van der Waals surface area contributed by atoms with Crippen LogP contribution in [0.4, 0.5) is 10.3 Å². The van der Waals surface area contributed by atoms with Crippen LogP contribution < -0.4 is 10.6 Å². The Balaban J connectivity index is 1.55. The zero-order valence-electron chi connectivity index (χ0n) is 19.6. The summed E-state index contributed by atoms with van der Waals surface area (Å²) in [4.78, 5) is 25.7. The number of anilines is 1. The molecule has 33 heavy (non-hydrogen) atoms. The van der Waals surface area contributed by atoms with E-state index in [1.807, 2.05) is 12.1 Å². The van der Waals surface area contributed by atoms with E-state index in [4.69, 9.17) is 0 Å². The fourth-order valence-electron chi connectivity index (χ4n) is 3.83. The van der Waals surface area contributed by atoms with Gasteiger partial charge in [-0.3, -0.25) is 4.57 Å². The Morgan fingerprint density at radius 1 is 1.18 bits per heavy atom. The van der Waals surface area contributed by atoms with E-state index < -0.39 is 6.10 Å². The summed E-state index contributed by atoms with van der Waals surface area (Å²) < 4.78 is 15.5. The van der Waals surface area contributed by atoms with E-state index in [1.165, 1.54) is 10.9 Å². The van der Waals surface area contributed by atoms with Gasteiger partial charge >= 0.3 is 5.69 Å². The van der Waals surface area contributed by atoms with E-state index in [0.717, 1.165) is 4.88 Å². The maximum atomic E-state index is 14.0. The number of rotatable bonds is 4. The lowest BCUT2D eigenvalue weighted by atomic mass is 9.95. The second-order valence-corrected chi connectivity index (χ2v) is 10.7. The fraction of sp³-hybridized carbons (Fsp3) is 0.400. The minimum Gasteiger partial charge on any atom is -0.387 e. The summed E-state index contributed by atoms with van der Waals surface area (Å²) in [5.41, 5.74) is 1.58. The minimum atomic E-state index is -0.839. The molecular weight excluding hydrogens is 439 g/mol. The highest BCUT2D eigenvalue weighted by Gasteiger charge is 2.25. The topological polar surface area (TPSA) is 71.2 Å². The predicted molar refractivity (Wildman–Crippen MR) is 130 cm³/mol. The van der Waals surface area contributed by atoms with Gasteiger partial charge in [-0.25, -0.2) is 9.18 Å². The number of aliphatic hydroxyl groups is 1.